The Morgan fingerprint density at radius 2 is 1.75 bits per heavy atom. The number of ether oxygens (including phenoxy) is 2. The summed E-state index contributed by atoms with van der Waals surface area (Å²) in [7, 11) is 1.66. The zero-order valence-electron chi connectivity index (χ0n) is 15.8. The van der Waals surface area contributed by atoms with E-state index in [9.17, 15) is 4.39 Å². The van der Waals surface area contributed by atoms with Crippen LogP contribution in [-0.4, -0.2) is 13.7 Å². The highest BCUT2D eigenvalue weighted by Gasteiger charge is 2.09. The van der Waals surface area contributed by atoms with E-state index in [1.165, 1.54) is 11.6 Å². The van der Waals surface area contributed by atoms with E-state index >= 15 is 0 Å². The van der Waals surface area contributed by atoms with E-state index in [2.05, 4.69) is 17.4 Å². The normalized spacial score (nSPS) is 10.7. The van der Waals surface area contributed by atoms with Gasteiger partial charge in [0.05, 0.1) is 12.1 Å². The summed E-state index contributed by atoms with van der Waals surface area (Å²) >= 11 is 6.07. The van der Waals surface area contributed by atoms with Crippen LogP contribution in [0.4, 0.5) is 4.39 Å². The van der Waals surface area contributed by atoms with Crippen molar-refractivity contribution in [3.63, 3.8) is 0 Å². The Bertz CT molecular complexity index is 879. The van der Waals surface area contributed by atoms with Crippen LogP contribution in [0.2, 0.25) is 5.02 Å². The lowest BCUT2D eigenvalue weighted by atomic mass is 10.1. The largest absolute Gasteiger partial charge is 0.497 e. The minimum absolute atomic E-state index is 0.0916. The van der Waals surface area contributed by atoms with Gasteiger partial charge in [-0.2, -0.15) is 0 Å². The molecule has 3 aromatic carbocycles. The molecule has 28 heavy (non-hydrogen) atoms. The average molecular weight is 400 g/mol. The molecular formula is C23H23ClFNO2. The van der Waals surface area contributed by atoms with Crippen LogP contribution < -0.4 is 14.8 Å². The van der Waals surface area contributed by atoms with Gasteiger partial charge in [-0.05, 0) is 48.9 Å². The van der Waals surface area contributed by atoms with Crippen molar-refractivity contribution < 1.29 is 13.9 Å². The molecule has 3 nitrogen and oxygen atoms in total. The fourth-order valence-electron chi connectivity index (χ4n) is 2.86. The second-order valence-corrected chi connectivity index (χ2v) is 6.78. The fraction of sp³-hybridized carbons (Fsp3) is 0.217. The molecule has 0 bridgehead atoms. The van der Waals surface area contributed by atoms with E-state index in [0.717, 1.165) is 30.0 Å². The molecule has 5 heteroatoms. The number of methoxy groups -OCH3 is 1. The van der Waals surface area contributed by atoms with E-state index in [1.54, 1.807) is 19.2 Å². The first-order valence-electron chi connectivity index (χ1n) is 9.14. The van der Waals surface area contributed by atoms with Crippen LogP contribution in [0.15, 0.2) is 66.7 Å². The Morgan fingerprint density at radius 1 is 0.964 bits per heavy atom. The number of benzene rings is 3. The van der Waals surface area contributed by atoms with Crippen LogP contribution >= 0.6 is 11.6 Å². The maximum atomic E-state index is 13.9. The van der Waals surface area contributed by atoms with Gasteiger partial charge in [0.1, 0.15) is 23.9 Å². The topological polar surface area (TPSA) is 30.5 Å². The van der Waals surface area contributed by atoms with Crippen LogP contribution in [0.3, 0.4) is 0 Å². The predicted molar refractivity (Wildman–Crippen MR) is 111 cm³/mol. The predicted octanol–water partition coefficient (Wildman–Crippen LogP) is 5.40. The maximum Gasteiger partial charge on any atom is 0.131 e. The second kappa shape index (κ2) is 10.1. The Hall–Kier alpha value is -2.56. The number of halogens is 2. The highest BCUT2D eigenvalue weighted by atomic mass is 35.5. The molecule has 146 valence electrons. The van der Waals surface area contributed by atoms with Crippen molar-refractivity contribution in [1.29, 1.82) is 0 Å². The van der Waals surface area contributed by atoms with E-state index in [0.29, 0.717) is 17.1 Å². The molecule has 0 aromatic heterocycles. The highest BCUT2D eigenvalue weighted by Crippen LogP contribution is 2.23. The molecule has 0 saturated carbocycles. The molecule has 0 radical (unpaired) electrons. The number of nitrogens with one attached hydrogen (secondary N) is 1. The first-order valence-corrected chi connectivity index (χ1v) is 9.52. The minimum Gasteiger partial charge on any atom is -0.497 e. The van der Waals surface area contributed by atoms with Crippen molar-refractivity contribution in [3.05, 3.63) is 94.3 Å². The average Bonchev–Trinajstić information content (AvgIpc) is 2.72. The summed E-state index contributed by atoms with van der Waals surface area (Å²) in [6, 6.07) is 20.4. The smallest absolute Gasteiger partial charge is 0.131 e. The monoisotopic (exact) mass is 399 g/mol. The van der Waals surface area contributed by atoms with Gasteiger partial charge < -0.3 is 14.8 Å². The zero-order valence-corrected chi connectivity index (χ0v) is 16.5. The van der Waals surface area contributed by atoms with Crippen molar-refractivity contribution >= 4 is 11.6 Å². The SMILES string of the molecule is COc1ccc(CCNCc2ccccc2OCc2c(F)cccc2Cl)cc1. The molecule has 0 aliphatic heterocycles. The third kappa shape index (κ3) is 5.47. The Labute approximate surface area is 170 Å². The molecule has 3 rings (SSSR count). The van der Waals surface area contributed by atoms with Gasteiger partial charge in [-0.1, -0.05) is 48.0 Å². The van der Waals surface area contributed by atoms with Crippen LogP contribution in [0.5, 0.6) is 11.5 Å². The molecule has 0 saturated heterocycles. The van der Waals surface area contributed by atoms with E-state index in [4.69, 9.17) is 21.1 Å². The lowest BCUT2D eigenvalue weighted by molar-refractivity contribution is 0.296. The van der Waals surface area contributed by atoms with Gasteiger partial charge in [-0.3, -0.25) is 0 Å². The van der Waals surface area contributed by atoms with Crippen molar-refractivity contribution in [2.75, 3.05) is 13.7 Å². The zero-order chi connectivity index (χ0) is 19.8. The number of rotatable bonds is 9. The van der Waals surface area contributed by atoms with Crippen molar-refractivity contribution in [2.24, 2.45) is 0 Å². The van der Waals surface area contributed by atoms with Gasteiger partial charge in [-0.25, -0.2) is 4.39 Å². The van der Waals surface area contributed by atoms with Crippen LogP contribution in [0.25, 0.3) is 0 Å². The number of hydrogen-bond donors (Lipinski definition) is 1. The lowest BCUT2D eigenvalue weighted by Crippen LogP contribution is -2.17. The van der Waals surface area contributed by atoms with Crippen molar-refractivity contribution in [3.8, 4) is 11.5 Å². The third-order valence-electron chi connectivity index (χ3n) is 4.47. The Morgan fingerprint density at radius 3 is 2.50 bits per heavy atom. The van der Waals surface area contributed by atoms with Gasteiger partial charge >= 0.3 is 0 Å². The Balaban J connectivity index is 1.53. The minimum atomic E-state index is -0.359. The van der Waals surface area contributed by atoms with E-state index in [-0.39, 0.29) is 12.4 Å². The molecule has 0 atom stereocenters. The molecule has 0 heterocycles. The quantitative estimate of drug-likeness (QED) is 0.489. The van der Waals surface area contributed by atoms with Gasteiger partial charge in [0.25, 0.3) is 0 Å². The van der Waals surface area contributed by atoms with E-state index < -0.39 is 0 Å². The summed E-state index contributed by atoms with van der Waals surface area (Å²) in [6.45, 7) is 1.59. The van der Waals surface area contributed by atoms with Gasteiger partial charge in [-0.15, -0.1) is 0 Å². The highest BCUT2D eigenvalue weighted by molar-refractivity contribution is 6.31. The molecule has 0 unspecified atom stereocenters. The standard InChI is InChI=1S/C23H23ClFNO2/c1-27-19-11-9-17(10-12-19)13-14-26-15-18-5-2-3-8-23(18)28-16-20-21(24)6-4-7-22(20)25/h2-12,26H,13-16H2,1H3. The summed E-state index contributed by atoms with van der Waals surface area (Å²) in [6.07, 6.45) is 0.915. The summed E-state index contributed by atoms with van der Waals surface area (Å²) < 4.78 is 24.9. The molecule has 3 aromatic rings. The van der Waals surface area contributed by atoms with Gasteiger partial charge in [0.2, 0.25) is 0 Å². The molecule has 0 amide bonds. The van der Waals surface area contributed by atoms with Crippen LogP contribution in [0, 0.1) is 5.82 Å². The van der Waals surface area contributed by atoms with Gasteiger partial charge in [0.15, 0.2) is 0 Å². The van der Waals surface area contributed by atoms with Crippen LogP contribution in [0.1, 0.15) is 16.7 Å². The number of para-hydroxylation sites is 1. The van der Waals surface area contributed by atoms with Crippen LogP contribution in [-0.2, 0) is 19.6 Å². The Kier molecular flexibility index (Phi) is 7.29. The lowest BCUT2D eigenvalue weighted by Gasteiger charge is -2.13. The summed E-state index contributed by atoms with van der Waals surface area (Å²) in [5, 5.41) is 3.80. The molecular weight excluding hydrogens is 377 g/mol. The van der Waals surface area contributed by atoms with E-state index in [1.807, 2.05) is 36.4 Å². The first-order chi connectivity index (χ1) is 13.7. The summed E-state index contributed by atoms with van der Waals surface area (Å²) in [5.41, 5.74) is 2.63. The molecule has 0 fully saturated rings. The third-order valence-corrected chi connectivity index (χ3v) is 4.83. The second-order valence-electron chi connectivity index (χ2n) is 6.37. The molecule has 0 aliphatic rings. The molecule has 1 N–H and O–H groups in total. The summed E-state index contributed by atoms with van der Waals surface area (Å²) in [4.78, 5) is 0. The molecule has 0 spiro atoms. The summed E-state index contributed by atoms with van der Waals surface area (Å²) in [5.74, 6) is 1.22. The van der Waals surface area contributed by atoms with Crippen molar-refractivity contribution in [1.82, 2.24) is 5.32 Å². The van der Waals surface area contributed by atoms with Gasteiger partial charge in [0, 0.05) is 17.7 Å². The molecule has 0 aliphatic carbocycles. The van der Waals surface area contributed by atoms with Crippen molar-refractivity contribution in [2.45, 2.75) is 19.6 Å². The maximum absolute atomic E-state index is 13.9. The first kappa shape index (κ1) is 20.2. The fourth-order valence-corrected chi connectivity index (χ4v) is 3.08. The number of hydrogen-bond acceptors (Lipinski definition) is 3.